The van der Waals surface area contributed by atoms with Crippen molar-refractivity contribution in [2.45, 2.75) is 26.8 Å². The number of hydrogen-bond donors (Lipinski definition) is 2. The van der Waals surface area contributed by atoms with E-state index in [-0.39, 0.29) is 16.7 Å². The second-order valence-electron chi connectivity index (χ2n) is 8.15. The molecule has 1 aromatic carbocycles. The summed E-state index contributed by atoms with van der Waals surface area (Å²) >= 11 is 12.0. The molecule has 10 heteroatoms. The minimum absolute atomic E-state index is 0.0852. The molecule has 1 fully saturated rings. The molecule has 1 aliphatic heterocycles. The standard InChI is InChI=1S/C20H25Cl2N5O3/c1-20(2,3)16-11-26(7-8-27(16)19(28)29)12-5-6-14(15(9-12)30-4)24-17-13(21)10-23-18(22)25-17/h5-6,9-10,16H,7-8,11H2,1-4H3,(H,28,29)(H,23,24,25). The smallest absolute Gasteiger partial charge is 0.407 e. The number of benzene rings is 1. The third kappa shape index (κ3) is 4.82. The molecule has 30 heavy (non-hydrogen) atoms. The summed E-state index contributed by atoms with van der Waals surface area (Å²) < 4.78 is 5.56. The van der Waals surface area contributed by atoms with Crippen LogP contribution < -0.4 is 15.0 Å². The van der Waals surface area contributed by atoms with Gasteiger partial charge in [-0.25, -0.2) is 9.78 Å². The summed E-state index contributed by atoms with van der Waals surface area (Å²) in [4.78, 5) is 23.3. The van der Waals surface area contributed by atoms with Crippen LogP contribution in [0.4, 0.5) is 22.0 Å². The summed E-state index contributed by atoms with van der Waals surface area (Å²) in [5.41, 5.74) is 1.43. The first kappa shape index (κ1) is 22.2. The molecule has 2 heterocycles. The maximum absolute atomic E-state index is 11.7. The Hall–Kier alpha value is -2.45. The van der Waals surface area contributed by atoms with E-state index in [0.29, 0.717) is 41.9 Å². The van der Waals surface area contributed by atoms with Crippen LogP contribution in [0.5, 0.6) is 5.75 Å². The lowest BCUT2D eigenvalue weighted by Gasteiger charge is -2.46. The molecular formula is C20H25Cl2N5O3. The quantitative estimate of drug-likeness (QED) is 0.645. The summed E-state index contributed by atoms with van der Waals surface area (Å²) in [6.45, 7) is 7.81. The zero-order valence-electron chi connectivity index (χ0n) is 17.3. The van der Waals surface area contributed by atoms with Crippen molar-refractivity contribution in [2.24, 2.45) is 5.41 Å². The number of ether oxygens (including phenoxy) is 1. The molecule has 2 N–H and O–H groups in total. The van der Waals surface area contributed by atoms with Gasteiger partial charge in [-0.1, -0.05) is 32.4 Å². The molecule has 0 spiro atoms. The molecule has 1 unspecified atom stereocenters. The van der Waals surface area contributed by atoms with Crippen LogP contribution >= 0.6 is 23.2 Å². The van der Waals surface area contributed by atoms with Gasteiger partial charge in [-0.2, -0.15) is 4.98 Å². The highest BCUT2D eigenvalue weighted by atomic mass is 35.5. The minimum atomic E-state index is -0.882. The van der Waals surface area contributed by atoms with Crippen LogP contribution in [0.15, 0.2) is 24.4 Å². The lowest BCUT2D eigenvalue weighted by atomic mass is 9.84. The van der Waals surface area contributed by atoms with E-state index in [1.54, 1.807) is 7.11 Å². The van der Waals surface area contributed by atoms with Crippen LogP contribution in [0.25, 0.3) is 0 Å². The fourth-order valence-corrected chi connectivity index (χ4v) is 3.80. The highest BCUT2D eigenvalue weighted by Gasteiger charge is 2.38. The van der Waals surface area contributed by atoms with E-state index in [0.717, 1.165) is 5.69 Å². The molecule has 2 aromatic rings. The first-order valence-corrected chi connectivity index (χ1v) is 10.2. The summed E-state index contributed by atoms with van der Waals surface area (Å²) in [6, 6.07) is 5.61. The van der Waals surface area contributed by atoms with Crippen molar-refractivity contribution in [3.63, 3.8) is 0 Å². The molecule has 1 saturated heterocycles. The monoisotopic (exact) mass is 453 g/mol. The molecule has 1 amide bonds. The number of carboxylic acid groups (broad SMARTS) is 1. The van der Waals surface area contributed by atoms with E-state index >= 15 is 0 Å². The number of nitrogens with zero attached hydrogens (tertiary/aromatic N) is 4. The average molecular weight is 454 g/mol. The fraction of sp³-hybridized carbons (Fsp3) is 0.450. The molecule has 0 bridgehead atoms. The van der Waals surface area contributed by atoms with Crippen LogP contribution in [-0.4, -0.2) is 58.9 Å². The predicted octanol–water partition coefficient (Wildman–Crippen LogP) is 4.75. The zero-order chi connectivity index (χ0) is 22.1. The lowest BCUT2D eigenvalue weighted by Crippen LogP contribution is -2.59. The van der Waals surface area contributed by atoms with Gasteiger partial charge in [0.1, 0.15) is 10.8 Å². The number of amides is 1. The molecule has 1 atom stereocenters. The van der Waals surface area contributed by atoms with Gasteiger partial charge in [0.25, 0.3) is 0 Å². The molecular weight excluding hydrogens is 429 g/mol. The summed E-state index contributed by atoms with van der Waals surface area (Å²) in [6.07, 6.45) is 0.543. The van der Waals surface area contributed by atoms with Crippen molar-refractivity contribution in [2.75, 3.05) is 37.0 Å². The molecule has 1 aromatic heterocycles. The number of hydrogen-bond acceptors (Lipinski definition) is 6. The predicted molar refractivity (Wildman–Crippen MR) is 119 cm³/mol. The van der Waals surface area contributed by atoms with Gasteiger partial charge >= 0.3 is 6.09 Å². The summed E-state index contributed by atoms with van der Waals surface area (Å²) in [5, 5.41) is 13.1. The Balaban J connectivity index is 1.85. The van der Waals surface area contributed by atoms with Crippen molar-refractivity contribution in [3.05, 3.63) is 34.7 Å². The van der Waals surface area contributed by atoms with Crippen LogP contribution in [-0.2, 0) is 0 Å². The number of piperazine rings is 1. The molecule has 8 nitrogen and oxygen atoms in total. The number of rotatable bonds is 4. The fourth-order valence-electron chi connectivity index (χ4n) is 3.53. The first-order valence-electron chi connectivity index (χ1n) is 9.47. The second-order valence-corrected chi connectivity index (χ2v) is 8.89. The molecule has 0 aliphatic carbocycles. The Bertz CT molecular complexity index is 935. The maximum atomic E-state index is 11.7. The van der Waals surface area contributed by atoms with Crippen molar-refractivity contribution >= 4 is 46.5 Å². The number of carbonyl (C=O) groups is 1. The maximum Gasteiger partial charge on any atom is 0.407 e. The summed E-state index contributed by atoms with van der Waals surface area (Å²) in [5.74, 6) is 0.983. The minimum Gasteiger partial charge on any atom is -0.494 e. The molecule has 3 rings (SSSR count). The number of anilines is 3. The average Bonchev–Trinajstić information content (AvgIpc) is 2.69. The Morgan fingerprint density at radius 2 is 2.03 bits per heavy atom. The number of nitrogens with one attached hydrogen (secondary N) is 1. The van der Waals surface area contributed by atoms with Crippen molar-refractivity contribution in [1.82, 2.24) is 14.9 Å². The Morgan fingerprint density at radius 1 is 1.30 bits per heavy atom. The molecule has 0 radical (unpaired) electrons. The number of methoxy groups -OCH3 is 1. The summed E-state index contributed by atoms with van der Waals surface area (Å²) in [7, 11) is 1.58. The van der Waals surface area contributed by atoms with Gasteiger partial charge in [0.05, 0.1) is 25.0 Å². The molecule has 1 aliphatic rings. The van der Waals surface area contributed by atoms with Gasteiger partial charge in [-0.05, 0) is 29.1 Å². The third-order valence-corrected chi connectivity index (χ3v) is 5.60. The van der Waals surface area contributed by atoms with Gasteiger partial charge in [0.15, 0.2) is 5.82 Å². The third-order valence-electron chi connectivity index (χ3n) is 5.14. The molecule has 162 valence electrons. The van der Waals surface area contributed by atoms with E-state index in [2.05, 4.69) is 41.0 Å². The van der Waals surface area contributed by atoms with Crippen LogP contribution in [0.2, 0.25) is 10.3 Å². The lowest BCUT2D eigenvalue weighted by molar-refractivity contribution is 0.0748. The topological polar surface area (TPSA) is 90.8 Å². The second kappa shape index (κ2) is 8.73. The molecule has 0 saturated carbocycles. The van der Waals surface area contributed by atoms with Gasteiger partial charge in [0, 0.05) is 31.4 Å². The van der Waals surface area contributed by atoms with Crippen molar-refractivity contribution in [3.8, 4) is 5.75 Å². The van der Waals surface area contributed by atoms with Crippen molar-refractivity contribution in [1.29, 1.82) is 0 Å². The van der Waals surface area contributed by atoms with E-state index in [4.69, 9.17) is 27.9 Å². The first-order chi connectivity index (χ1) is 14.1. The zero-order valence-corrected chi connectivity index (χ0v) is 18.8. The Labute approximate surface area is 185 Å². The van der Waals surface area contributed by atoms with E-state index < -0.39 is 6.09 Å². The van der Waals surface area contributed by atoms with E-state index in [1.165, 1.54) is 11.1 Å². The SMILES string of the molecule is COc1cc(N2CCN(C(=O)O)C(C(C)(C)C)C2)ccc1Nc1nc(Cl)ncc1Cl. The van der Waals surface area contributed by atoms with Gasteiger partial charge in [-0.15, -0.1) is 0 Å². The van der Waals surface area contributed by atoms with Gasteiger partial charge in [0.2, 0.25) is 5.28 Å². The van der Waals surface area contributed by atoms with Crippen LogP contribution in [0, 0.1) is 5.41 Å². The Morgan fingerprint density at radius 3 is 2.67 bits per heavy atom. The van der Waals surface area contributed by atoms with Crippen molar-refractivity contribution < 1.29 is 14.6 Å². The normalized spacial score (nSPS) is 17.1. The number of halogens is 2. The van der Waals surface area contributed by atoms with Gasteiger partial charge < -0.3 is 25.0 Å². The van der Waals surface area contributed by atoms with Gasteiger partial charge in [-0.3, -0.25) is 0 Å². The van der Waals surface area contributed by atoms with E-state index in [1.807, 2.05) is 18.2 Å². The largest absolute Gasteiger partial charge is 0.494 e. The highest BCUT2D eigenvalue weighted by molar-refractivity contribution is 6.33. The highest BCUT2D eigenvalue weighted by Crippen LogP contribution is 2.36. The van der Waals surface area contributed by atoms with Crippen LogP contribution in [0.3, 0.4) is 0 Å². The number of aromatic nitrogens is 2. The Kier molecular flexibility index (Phi) is 6.47. The van der Waals surface area contributed by atoms with Crippen LogP contribution in [0.1, 0.15) is 20.8 Å². The van der Waals surface area contributed by atoms with E-state index in [9.17, 15) is 9.90 Å².